The summed E-state index contributed by atoms with van der Waals surface area (Å²) in [6.07, 6.45) is 0.749. The van der Waals surface area contributed by atoms with Crippen LogP contribution in [0, 0.1) is 6.92 Å². The number of amides is 1. The summed E-state index contributed by atoms with van der Waals surface area (Å²) in [7, 11) is 0. The summed E-state index contributed by atoms with van der Waals surface area (Å²) >= 11 is 1.34. The van der Waals surface area contributed by atoms with Crippen molar-refractivity contribution >= 4 is 23.2 Å². The Bertz CT molecular complexity index is 723. The first-order valence-corrected chi connectivity index (χ1v) is 7.48. The third kappa shape index (κ3) is 2.54. The molecular formula is C15H14N2O3S. The molecule has 0 atom stereocenters. The molecule has 1 amide bonds. The molecule has 0 saturated carbocycles. The molecule has 0 aliphatic carbocycles. The number of nitrogens with zero attached hydrogens (tertiary/aromatic N) is 2. The number of hydrogen-bond donors (Lipinski definition) is 1. The minimum absolute atomic E-state index is 0.0265. The molecule has 1 aliphatic heterocycles. The molecule has 1 aliphatic rings. The van der Waals surface area contributed by atoms with Gasteiger partial charge < -0.3 is 10.0 Å². The van der Waals surface area contributed by atoms with Crippen LogP contribution < -0.4 is 0 Å². The van der Waals surface area contributed by atoms with Gasteiger partial charge in [-0.05, 0) is 36.6 Å². The number of carbonyl (C=O) groups excluding carboxylic acids is 1. The van der Waals surface area contributed by atoms with Gasteiger partial charge in [-0.25, -0.2) is 9.78 Å². The van der Waals surface area contributed by atoms with Gasteiger partial charge in [-0.1, -0.05) is 6.07 Å². The monoisotopic (exact) mass is 302 g/mol. The van der Waals surface area contributed by atoms with E-state index in [2.05, 4.69) is 4.98 Å². The number of aromatic carboxylic acids is 1. The van der Waals surface area contributed by atoms with Crippen molar-refractivity contribution < 1.29 is 14.7 Å². The molecule has 21 heavy (non-hydrogen) atoms. The van der Waals surface area contributed by atoms with Crippen molar-refractivity contribution in [3.63, 3.8) is 0 Å². The summed E-state index contributed by atoms with van der Waals surface area (Å²) in [4.78, 5) is 30.1. The van der Waals surface area contributed by atoms with E-state index >= 15 is 0 Å². The number of thiazole rings is 1. The lowest BCUT2D eigenvalue weighted by Crippen LogP contribution is -2.36. The van der Waals surface area contributed by atoms with E-state index in [1.54, 1.807) is 22.5 Å². The van der Waals surface area contributed by atoms with Crippen molar-refractivity contribution in [3.8, 4) is 0 Å². The fourth-order valence-corrected chi connectivity index (χ4v) is 3.28. The van der Waals surface area contributed by atoms with E-state index in [9.17, 15) is 9.59 Å². The summed E-state index contributed by atoms with van der Waals surface area (Å²) in [5.41, 5.74) is 4.71. The van der Waals surface area contributed by atoms with E-state index in [-0.39, 0.29) is 11.5 Å². The van der Waals surface area contributed by atoms with Crippen LogP contribution in [0.1, 0.15) is 36.9 Å². The lowest BCUT2D eigenvalue weighted by Gasteiger charge is -2.28. The third-order valence-electron chi connectivity index (χ3n) is 3.69. The van der Waals surface area contributed by atoms with Gasteiger partial charge in [-0.15, -0.1) is 11.3 Å². The van der Waals surface area contributed by atoms with Crippen LogP contribution in [0.15, 0.2) is 23.7 Å². The molecule has 0 fully saturated rings. The number of aryl methyl sites for hydroxylation is 1. The van der Waals surface area contributed by atoms with Gasteiger partial charge in [-0.3, -0.25) is 4.79 Å². The molecule has 1 aromatic heterocycles. The molecule has 0 spiro atoms. The van der Waals surface area contributed by atoms with E-state index in [1.165, 1.54) is 11.3 Å². The summed E-state index contributed by atoms with van der Waals surface area (Å²) in [5, 5.41) is 9.06. The zero-order chi connectivity index (χ0) is 15.0. The van der Waals surface area contributed by atoms with Crippen LogP contribution in [0.2, 0.25) is 0 Å². The van der Waals surface area contributed by atoms with Crippen molar-refractivity contribution in [2.75, 3.05) is 6.54 Å². The number of carbonyl (C=O) groups is 2. The van der Waals surface area contributed by atoms with Crippen molar-refractivity contribution in [1.82, 2.24) is 9.88 Å². The summed E-state index contributed by atoms with van der Waals surface area (Å²) < 4.78 is 0. The van der Waals surface area contributed by atoms with Crippen molar-refractivity contribution in [1.29, 1.82) is 0 Å². The number of hydrogen-bond acceptors (Lipinski definition) is 4. The molecule has 1 aromatic carbocycles. The SMILES string of the molecule is Cc1ncsc1C(=O)N1CCc2ccc(C(=O)O)cc2C1. The molecule has 0 radical (unpaired) electrons. The normalized spacial score (nSPS) is 13.9. The molecule has 1 N–H and O–H groups in total. The Morgan fingerprint density at radius 2 is 2.14 bits per heavy atom. The minimum Gasteiger partial charge on any atom is -0.478 e. The Hall–Kier alpha value is -2.21. The van der Waals surface area contributed by atoms with Gasteiger partial charge in [0.1, 0.15) is 4.88 Å². The highest BCUT2D eigenvalue weighted by Crippen LogP contribution is 2.24. The third-order valence-corrected chi connectivity index (χ3v) is 4.61. The van der Waals surface area contributed by atoms with E-state index in [0.717, 1.165) is 23.2 Å². The maximum absolute atomic E-state index is 12.5. The molecule has 5 nitrogen and oxygen atoms in total. The molecule has 0 bridgehead atoms. The number of rotatable bonds is 2. The maximum atomic E-state index is 12.5. The molecular weight excluding hydrogens is 288 g/mol. The smallest absolute Gasteiger partial charge is 0.335 e. The summed E-state index contributed by atoms with van der Waals surface area (Å²) in [5.74, 6) is -0.971. The van der Waals surface area contributed by atoms with Crippen LogP contribution in [0.25, 0.3) is 0 Å². The highest BCUT2D eigenvalue weighted by Gasteiger charge is 2.24. The fourth-order valence-electron chi connectivity index (χ4n) is 2.51. The van der Waals surface area contributed by atoms with Crippen LogP contribution in [0.4, 0.5) is 0 Å². The van der Waals surface area contributed by atoms with Crippen LogP contribution in [0.5, 0.6) is 0 Å². The highest BCUT2D eigenvalue weighted by atomic mass is 32.1. The number of aromatic nitrogens is 1. The molecule has 3 rings (SSSR count). The predicted octanol–water partition coefficient (Wildman–Crippen LogP) is 2.35. The lowest BCUT2D eigenvalue weighted by molar-refractivity contribution is 0.0696. The zero-order valence-electron chi connectivity index (χ0n) is 11.5. The maximum Gasteiger partial charge on any atom is 0.335 e. The first kappa shape index (κ1) is 13.8. The predicted molar refractivity (Wildman–Crippen MR) is 78.7 cm³/mol. The zero-order valence-corrected chi connectivity index (χ0v) is 12.3. The van der Waals surface area contributed by atoms with Crippen molar-refractivity contribution in [2.24, 2.45) is 0 Å². The Morgan fingerprint density at radius 1 is 1.33 bits per heavy atom. The van der Waals surface area contributed by atoms with E-state index in [0.29, 0.717) is 18.0 Å². The first-order valence-electron chi connectivity index (χ1n) is 6.60. The van der Waals surface area contributed by atoms with Crippen molar-refractivity contribution in [2.45, 2.75) is 19.9 Å². The number of carboxylic acids is 1. The molecule has 0 saturated heterocycles. The van der Waals surface area contributed by atoms with E-state index < -0.39 is 5.97 Å². The van der Waals surface area contributed by atoms with Gasteiger partial charge in [0, 0.05) is 13.1 Å². The Balaban J connectivity index is 1.87. The minimum atomic E-state index is -0.945. The molecule has 108 valence electrons. The van der Waals surface area contributed by atoms with E-state index in [1.807, 2.05) is 13.0 Å². The number of fused-ring (bicyclic) bond motifs is 1. The first-order chi connectivity index (χ1) is 10.1. The van der Waals surface area contributed by atoms with Gasteiger partial charge in [-0.2, -0.15) is 0 Å². The van der Waals surface area contributed by atoms with Crippen LogP contribution in [-0.2, 0) is 13.0 Å². The largest absolute Gasteiger partial charge is 0.478 e. The average Bonchev–Trinajstić information content (AvgIpc) is 2.91. The second-order valence-electron chi connectivity index (χ2n) is 5.03. The Morgan fingerprint density at radius 3 is 2.81 bits per heavy atom. The quantitative estimate of drug-likeness (QED) is 0.924. The second kappa shape index (κ2) is 5.29. The standard InChI is InChI=1S/C15H14N2O3S/c1-9-13(21-8-16-9)14(18)17-5-4-10-2-3-11(15(19)20)6-12(10)7-17/h2-3,6,8H,4-5,7H2,1H3,(H,19,20). The highest BCUT2D eigenvalue weighted by molar-refractivity contribution is 7.11. The molecule has 0 unspecified atom stereocenters. The van der Waals surface area contributed by atoms with E-state index in [4.69, 9.17) is 5.11 Å². The molecule has 2 aromatic rings. The van der Waals surface area contributed by atoms with Crippen LogP contribution in [-0.4, -0.2) is 33.4 Å². The van der Waals surface area contributed by atoms with Gasteiger partial charge >= 0.3 is 5.97 Å². The Kier molecular flexibility index (Phi) is 3.47. The van der Waals surface area contributed by atoms with Gasteiger partial charge in [0.25, 0.3) is 5.91 Å². The van der Waals surface area contributed by atoms with Gasteiger partial charge in [0.2, 0.25) is 0 Å². The van der Waals surface area contributed by atoms with Crippen LogP contribution >= 0.6 is 11.3 Å². The van der Waals surface area contributed by atoms with Crippen LogP contribution in [0.3, 0.4) is 0 Å². The fraction of sp³-hybridized carbons (Fsp3) is 0.267. The van der Waals surface area contributed by atoms with Gasteiger partial charge in [0.05, 0.1) is 16.8 Å². The summed E-state index contributed by atoms with van der Waals surface area (Å²) in [6.45, 7) is 2.92. The lowest BCUT2D eigenvalue weighted by atomic mass is 9.97. The Labute approximate surface area is 125 Å². The molecule has 2 heterocycles. The number of benzene rings is 1. The topological polar surface area (TPSA) is 70.5 Å². The average molecular weight is 302 g/mol. The van der Waals surface area contributed by atoms with Gasteiger partial charge in [0.15, 0.2) is 0 Å². The number of carboxylic acid groups (broad SMARTS) is 1. The second-order valence-corrected chi connectivity index (χ2v) is 5.89. The van der Waals surface area contributed by atoms with Crippen molar-refractivity contribution in [3.05, 3.63) is 51.0 Å². The summed E-state index contributed by atoms with van der Waals surface area (Å²) in [6, 6.07) is 5.13. The molecule has 6 heteroatoms.